The average molecular weight is 761 g/mol. The molecule has 0 aromatic heterocycles. The third kappa shape index (κ3) is 5.80. The van der Waals surface area contributed by atoms with E-state index in [4.69, 9.17) is 37.4 Å². The molecule has 51 heavy (non-hydrogen) atoms. The topological polar surface area (TPSA) is 68.3 Å². The van der Waals surface area contributed by atoms with Gasteiger partial charge in [-0.3, -0.25) is 19.4 Å². The van der Waals surface area contributed by atoms with Crippen LogP contribution >= 0.6 is 23.2 Å². The van der Waals surface area contributed by atoms with E-state index in [-0.39, 0.29) is 21.5 Å². The maximum Gasteiger partial charge on any atom is 0.416 e. The Morgan fingerprint density at radius 2 is 0.961 bits per heavy atom. The molecular formula is C34H22Cl2F8N2O5. The van der Waals surface area contributed by atoms with Gasteiger partial charge in [-0.2, -0.15) is 26.3 Å². The maximum absolute atomic E-state index is 17.2. The Balaban J connectivity index is 1.40. The van der Waals surface area contributed by atoms with Crippen LogP contribution in [0.3, 0.4) is 0 Å². The van der Waals surface area contributed by atoms with E-state index in [1.165, 1.54) is 38.5 Å². The zero-order chi connectivity index (χ0) is 37.3. The van der Waals surface area contributed by atoms with Crippen molar-refractivity contribution in [2.75, 3.05) is 37.5 Å². The van der Waals surface area contributed by atoms with Crippen molar-refractivity contribution in [3.8, 4) is 11.5 Å². The van der Waals surface area contributed by atoms with Crippen LogP contribution in [0, 0.1) is 0 Å². The first-order valence-corrected chi connectivity index (χ1v) is 15.3. The van der Waals surface area contributed by atoms with Crippen LogP contribution < -0.4 is 19.3 Å². The summed E-state index contributed by atoms with van der Waals surface area (Å²) < 4.78 is 133. The molecule has 2 aliphatic heterocycles. The van der Waals surface area contributed by atoms with Gasteiger partial charge in [0.25, 0.3) is 11.8 Å². The number of fused-ring (bicyclic) bond motifs is 2. The van der Waals surface area contributed by atoms with Crippen molar-refractivity contribution in [1.29, 1.82) is 0 Å². The number of rotatable bonds is 8. The second-order valence-corrected chi connectivity index (χ2v) is 12.3. The summed E-state index contributed by atoms with van der Waals surface area (Å²) in [4.78, 5) is 28.7. The number of methoxy groups -OCH3 is 2. The van der Waals surface area contributed by atoms with E-state index in [0.29, 0.717) is 34.1 Å². The lowest BCUT2D eigenvalue weighted by atomic mass is 9.88. The zero-order valence-corrected chi connectivity index (χ0v) is 27.6. The van der Waals surface area contributed by atoms with Crippen LogP contribution in [-0.2, 0) is 38.0 Å². The zero-order valence-electron chi connectivity index (χ0n) is 26.1. The number of amides is 2. The number of hydrogen-bond acceptors (Lipinski definition) is 5. The highest BCUT2D eigenvalue weighted by molar-refractivity contribution is 6.31. The second-order valence-electron chi connectivity index (χ2n) is 11.4. The first kappa shape index (κ1) is 36.2. The normalized spacial score (nSPS) is 20.2. The summed E-state index contributed by atoms with van der Waals surface area (Å²) in [6.45, 7) is -2.08. The molecule has 6 rings (SSSR count). The third-order valence-electron chi connectivity index (χ3n) is 8.56. The predicted octanol–water partition coefficient (Wildman–Crippen LogP) is 8.80. The molecule has 0 saturated heterocycles. The van der Waals surface area contributed by atoms with Gasteiger partial charge in [-0.1, -0.05) is 35.3 Å². The van der Waals surface area contributed by atoms with Crippen LogP contribution in [0.25, 0.3) is 0 Å². The number of hydrogen-bond donors (Lipinski definition) is 0. The molecule has 0 fully saturated rings. The summed E-state index contributed by atoms with van der Waals surface area (Å²) >= 11 is 12.2. The molecule has 7 nitrogen and oxygen atoms in total. The Kier molecular flexibility index (Phi) is 8.92. The highest BCUT2D eigenvalue weighted by Gasteiger charge is 2.57. The summed E-state index contributed by atoms with van der Waals surface area (Å²) in [5.41, 5.74) is -11.9. The fraction of sp³-hybridized carbons (Fsp3) is 0.235. The van der Waals surface area contributed by atoms with Crippen molar-refractivity contribution in [2.24, 2.45) is 0 Å². The number of ether oxygens (including phenoxy) is 3. The van der Waals surface area contributed by atoms with Crippen LogP contribution in [0.1, 0.15) is 33.4 Å². The number of carbonyl (C=O) groups is 2. The minimum atomic E-state index is -4.92. The van der Waals surface area contributed by atoms with Crippen LogP contribution in [0.2, 0.25) is 10.0 Å². The Bertz CT molecular complexity index is 1930. The van der Waals surface area contributed by atoms with Crippen LogP contribution in [0.5, 0.6) is 11.5 Å². The van der Waals surface area contributed by atoms with Gasteiger partial charge in [0.05, 0.1) is 36.7 Å². The molecule has 2 amide bonds. The molecule has 0 aliphatic carbocycles. The molecule has 0 saturated carbocycles. The summed E-state index contributed by atoms with van der Waals surface area (Å²) in [5.74, 6) is -3.21. The Morgan fingerprint density at radius 3 is 1.29 bits per heavy atom. The van der Waals surface area contributed by atoms with Gasteiger partial charge in [0, 0.05) is 32.3 Å². The monoisotopic (exact) mass is 760 g/mol. The second kappa shape index (κ2) is 12.6. The lowest BCUT2D eigenvalue weighted by Crippen LogP contribution is -2.42. The van der Waals surface area contributed by atoms with Crippen LogP contribution in [-0.4, -0.2) is 39.5 Å². The van der Waals surface area contributed by atoms with E-state index in [1.54, 1.807) is 0 Å². The van der Waals surface area contributed by atoms with Gasteiger partial charge < -0.3 is 14.2 Å². The van der Waals surface area contributed by atoms with Crippen LogP contribution in [0.4, 0.5) is 46.5 Å². The van der Waals surface area contributed by atoms with E-state index in [2.05, 4.69) is 0 Å². The molecule has 2 aliphatic rings. The predicted molar refractivity (Wildman–Crippen MR) is 168 cm³/mol. The summed E-state index contributed by atoms with van der Waals surface area (Å²) in [7, 11) is 2.34. The number of alkyl halides is 8. The molecule has 268 valence electrons. The summed E-state index contributed by atoms with van der Waals surface area (Å²) in [6.07, 6.45) is -9.85. The molecule has 2 atom stereocenters. The van der Waals surface area contributed by atoms with Gasteiger partial charge in [0.1, 0.15) is 25.0 Å². The van der Waals surface area contributed by atoms with Crippen molar-refractivity contribution < 1.29 is 58.9 Å². The van der Waals surface area contributed by atoms with Crippen molar-refractivity contribution in [3.05, 3.63) is 116 Å². The van der Waals surface area contributed by atoms with E-state index in [1.807, 2.05) is 0 Å². The number of anilines is 2. The van der Waals surface area contributed by atoms with Crippen molar-refractivity contribution >= 4 is 46.4 Å². The fourth-order valence-corrected chi connectivity index (χ4v) is 6.51. The highest BCUT2D eigenvalue weighted by atomic mass is 35.5. The number of benzene rings is 4. The van der Waals surface area contributed by atoms with E-state index in [0.717, 1.165) is 24.3 Å². The van der Waals surface area contributed by atoms with E-state index >= 15 is 8.78 Å². The standard InChI is InChI=1S/C34H22Cl2F8N2O5/c1-49-27-9-5-19(35)13-23(27)31(37)21-7-3-17(33(39,40)41)11-25(21)45(29(31)47)15-51-16-46-26-12-18(34(42,43)44)4-8-22(26)32(38,30(46)48)24-14-20(36)6-10-28(24)50-2/h3-14H,15-16H2,1-2H3. The van der Waals surface area contributed by atoms with Gasteiger partial charge in [-0.25, -0.2) is 8.78 Å². The maximum atomic E-state index is 17.2. The van der Waals surface area contributed by atoms with Gasteiger partial charge in [0.2, 0.25) is 11.3 Å². The van der Waals surface area contributed by atoms with E-state index < -0.39 is 93.7 Å². The minimum Gasteiger partial charge on any atom is -0.496 e. The van der Waals surface area contributed by atoms with Gasteiger partial charge >= 0.3 is 12.4 Å². The highest BCUT2D eigenvalue weighted by Crippen LogP contribution is 2.53. The van der Waals surface area contributed by atoms with Gasteiger partial charge in [0.15, 0.2) is 0 Å². The summed E-state index contributed by atoms with van der Waals surface area (Å²) in [6, 6.07) is 11.0. The van der Waals surface area contributed by atoms with Crippen LogP contribution in [0.15, 0.2) is 72.8 Å². The third-order valence-corrected chi connectivity index (χ3v) is 9.03. The van der Waals surface area contributed by atoms with Gasteiger partial charge in [-0.15, -0.1) is 0 Å². The Labute approximate surface area is 293 Å². The molecule has 2 heterocycles. The molecule has 0 N–H and O–H groups in total. The lowest BCUT2D eigenvalue weighted by Gasteiger charge is -2.25. The smallest absolute Gasteiger partial charge is 0.416 e. The molecule has 2 unspecified atom stereocenters. The molecule has 17 heteroatoms. The quantitative estimate of drug-likeness (QED) is 0.168. The molecule has 4 aromatic carbocycles. The van der Waals surface area contributed by atoms with Crippen molar-refractivity contribution in [1.82, 2.24) is 0 Å². The summed E-state index contributed by atoms with van der Waals surface area (Å²) in [5, 5.41) is -0.0662. The van der Waals surface area contributed by atoms with Crippen molar-refractivity contribution in [2.45, 2.75) is 23.7 Å². The Hall–Kier alpha value is -4.60. The van der Waals surface area contributed by atoms with Crippen molar-refractivity contribution in [3.63, 3.8) is 0 Å². The first-order chi connectivity index (χ1) is 23.9. The Morgan fingerprint density at radius 1 is 0.588 bits per heavy atom. The lowest BCUT2D eigenvalue weighted by molar-refractivity contribution is -0.138. The van der Waals surface area contributed by atoms with Gasteiger partial charge in [-0.05, 0) is 60.7 Å². The number of carbonyl (C=O) groups excluding carboxylic acids is 2. The molecule has 0 radical (unpaired) electrons. The van der Waals surface area contributed by atoms with E-state index in [9.17, 15) is 35.9 Å². The molecule has 4 aromatic rings. The number of halogens is 10. The SMILES string of the molecule is COc1ccc(Cl)cc1C1(F)C(=O)N(COCN2C(=O)C(F)(c3cc(Cl)ccc3OC)c3ccc(C(F)(F)F)cc32)c2cc(C(F)(F)F)ccc21. The minimum absolute atomic E-state index is 0.0331. The average Bonchev–Trinajstić information content (AvgIpc) is 3.43. The number of nitrogens with zero attached hydrogens (tertiary/aromatic N) is 2. The fourth-order valence-electron chi connectivity index (χ4n) is 6.17. The first-order valence-electron chi connectivity index (χ1n) is 14.6. The molecule has 0 bridgehead atoms. The molecular weight excluding hydrogens is 739 g/mol. The molecule has 0 spiro atoms. The largest absolute Gasteiger partial charge is 0.496 e.